The van der Waals surface area contributed by atoms with Crippen molar-refractivity contribution in [1.82, 2.24) is 5.32 Å². The summed E-state index contributed by atoms with van der Waals surface area (Å²) in [7, 11) is 1.64. The standard InChI is InChI=1S/C21H27NO3/c1-21(2,18-12-7-8-13-19(18)24-3)22-20(23)14-9-15-25-16-17-10-5-4-6-11-17/h4-8,10-13H,9,14-16H2,1-3H3,(H,22,23). The molecule has 0 aliphatic carbocycles. The molecule has 0 saturated carbocycles. The molecule has 0 spiro atoms. The van der Waals surface area contributed by atoms with E-state index in [1.54, 1.807) is 7.11 Å². The Morgan fingerprint density at radius 2 is 1.72 bits per heavy atom. The van der Waals surface area contributed by atoms with Crippen LogP contribution in [0.5, 0.6) is 5.75 Å². The van der Waals surface area contributed by atoms with Gasteiger partial charge < -0.3 is 14.8 Å². The van der Waals surface area contributed by atoms with E-state index < -0.39 is 5.54 Å². The second-order valence-electron chi connectivity index (χ2n) is 6.52. The van der Waals surface area contributed by atoms with Crippen LogP contribution in [0.4, 0.5) is 0 Å². The number of methoxy groups -OCH3 is 1. The number of hydrogen-bond acceptors (Lipinski definition) is 3. The molecule has 0 aromatic heterocycles. The Bertz CT molecular complexity index is 668. The summed E-state index contributed by atoms with van der Waals surface area (Å²) in [5.74, 6) is 0.790. The molecule has 0 unspecified atom stereocenters. The monoisotopic (exact) mass is 341 g/mol. The molecule has 2 aromatic carbocycles. The zero-order valence-corrected chi connectivity index (χ0v) is 15.2. The third kappa shape index (κ3) is 5.91. The van der Waals surface area contributed by atoms with Crippen LogP contribution in [0, 0.1) is 0 Å². The van der Waals surface area contributed by atoms with E-state index >= 15 is 0 Å². The molecule has 0 bridgehead atoms. The van der Waals surface area contributed by atoms with Gasteiger partial charge in [0.05, 0.1) is 19.3 Å². The van der Waals surface area contributed by atoms with Crippen LogP contribution in [-0.4, -0.2) is 19.6 Å². The van der Waals surface area contributed by atoms with Crippen LogP contribution < -0.4 is 10.1 Å². The van der Waals surface area contributed by atoms with Gasteiger partial charge in [0.25, 0.3) is 0 Å². The van der Waals surface area contributed by atoms with Gasteiger partial charge in [-0.05, 0) is 31.9 Å². The molecular formula is C21H27NO3. The molecule has 1 amide bonds. The maximum Gasteiger partial charge on any atom is 0.220 e. The van der Waals surface area contributed by atoms with Crippen molar-refractivity contribution < 1.29 is 14.3 Å². The fraction of sp³-hybridized carbons (Fsp3) is 0.381. The predicted molar refractivity (Wildman–Crippen MR) is 99.5 cm³/mol. The maximum absolute atomic E-state index is 12.3. The van der Waals surface area contributed by atoms with Crippen LogP contribution >= 0.6 is 0 Å². The van der Waals surface area contributed by atoms with Gasteiger partial charge in [-0.1, -0.05) is 48.5 Å². The van der Waals surface area contributed by atoms with Gasteiger partial charge >= 0.3 is 0 Å². The fourth-order valence-corrected chi connectivity index (χ4v) is 2.74. The zero-order valence-electron chi connectivity index (χ0n) is 15.2. The summed E-state index contributed by atoms with van der Waals surface area (Å²) in [5, 5.41) is 3.08. The molecule has 4 nitrogen and oxygen atoms in total. The number of carbonyl (C=O) groups is 1. The summed E-state index contributed by atoms with van der Waals surface area (Å²) in [4.78, 5) is 12.3. The van der Waals surface area contributed by atoms with Crippen LogP contribution in [0.1, 0.15) is 37.8 Å². The molecule has 0 fully saturated rings. The smallest absolute Gasteiger partial charge is 0.220 e. The summed E-state index contributed by atoms with van der Waals surface area (Å²) in [6.45, 7) is 5.11. The van der Waals surface area contributed by atoms with Crippen molar-refractivity contribution in [1.29, 1.82) is 0 Å². The summed E-state index contributed by atoms with van der Waals surface area (Å²) in [6, 6.07) is 17.8. The molecule has 1 N–H and O–H groups in total. The second kappa shape index (κ2) is 9.23. The predicted octanol–water partition coefficient (Wildman–Crippen LogP) is 4.04. The number of nitrogens with one attached hydrogen (secondary N) is 1. The molecular weight excluding hydrogens is 314 g/mol. The van der Waals surface area contributed by atoms with Gasteiger partial charge in [-0.2, -0.15) is 0 Å². The number of amides is 1. The topological polar surface area (TPSA) is 47.6 Å². The van der Waals surface area contributed by atoms with Gasteiger partial charge in [0.1, 0.15) is 5.75 Å². The Balaban J connectivity index is 1.75. The highest BCUT2D eigenvalue weighted by molar-refractivity contribution is 5.77. The number of hydrogen-bond donors (Lipinski definition) is 1. The van der Waals surface area contributed by atoms with E-state index in [9.17, 15) is 4.79 Å². The minimum atomic E-state index is -0.491. The van der Waals surface area contributed by atoms with E-state index in [1.165, 1.54) is 0 Å². The average molecular weight is 341 g/mol. The van der Waals surface area contributed by atoms with Crippen LogP contribution in [0.2, 0.25) is 0 Å². The highest BCUT2D eigenvalue weighted by Crippen LogP contribution is 2.29. The minimum Gasteiger partial charge on any atom is -0.496 e. The molecule has 134 valence electrons. The van der Waals surface area contributed by atoms with Gasteiger partial charge in [-0.3, -0.25) is 4.79 Å². The molecule has 0 atom stereocenters. The average Bonchev–Trinajstić information content (AvgIpc) is 2.62. The Morgan fingerprint density at radius 1 is 1.04 bits per heavy atom. The third-order valence-electron chi connectivity index (χ3n) is 4.04. The van der Waals surface area contributed by atoms with E-state index in [0.717, 1.165) is 16.9 Å². The first kappa shape index (κ1) is 19.0. The van der Waals surface area contributed by atoms with E-state index in [4.69, 9.17) is 9.47 Å². The lowest BCUT2D eigenvalue weighted by atomic mass is 9.93. The van der Waals surface area contributed by atoms with E-state index in [-0.39, 0.29) is 5.91 Å². The van der Waals surface area contributed by atoms with Crippen molar-refractivity contribution >= 4 is 5.91 Å². The van der Waals surface area contributed by atoms with Crippen LogP contribution in [0.3, 0.4) is 0 Å². The van der Waals surface area contributed by atoms with Crippen molar-refractivity contribution in [3.05, 3.63) is 65.7 Å². The van der Waals surface area contributed by atoms with Crippen LogP contribution in [0.25, 0.3) is 0 Å². The lowest BCUT2D eigenvalue weighted by Gasteiger charge is -2.28. The van der Waals surface area contributed by atoms with Crippen molar-refractivity contribution in [3.8, 4) is 5.75 Å². The molecule has 4 heteroatoms. The highest BCUT2D eigenvalue weighted by atomic mass is 16.5. The van der Waals surface area contributed by atoms with Crippen molar-refractivity contribution in [2.24, 2.45) is 0 Å². The Hall–Kier alpha value is -2.33. The van der Waals surface area contributed by atoms with Crippen LogP contribution in [0.15, 0.2) is 54.6 Å². The summed E-state index contributed by atoms with van der Waals surface area (Å²) < 4.78 is 11.0. The van der Waals surface area contributed by atoms with Crippen molar-refractivity contribution in [2.45, 2.75) is 38.8 Å². The first-order valence-corrected chi connectivity index (χ1v) is 8.59. The zero-order chi connectivity index (χ0) is 18.1. The normalized spacial score (nSPS) is 11.2. The van der Waals surface area contributed by atoms with Gasteiger partial charge in [0, 0.05) is 18.6 Å². The molecule has 2 aromatic rings. The molecule has 2 rings (SSSR count). The minimum absolute atomic E-state index is 0.0132. The van der Waals surface area contributed by atoms with Gasteiger partial charge in [0.15, 0.2) is 0 Å². The Labute approximate surface area is 150 Å². The highest BCUT2D eigenvalue weighted by Gasteiger charge is 2.25. The number of rotatable bonds is 9. The first-order valence-electron chi connectivity index (χ1n) is 8.59. The maximum atomic E-state index is 12.3. The largest absolute Gasteiger partial charge is 0.496 e. The summed E-state index contributed by atoms with van der Waals surface area (Å²) >= 11 is 0. The van der Waals surface area contributed by atoms with E-state index in [0.29, 0.717) is 26.1 Å². The van der Waals surface area contributed by atoms with E-state index in [2.05, 4.69) is 5.32 Å². The summed E-state index contributed by atoms with van der Waals surface area (Å²) in [6.07, 6.45) is 1.13. The van der Waals surface area contributed by atoms with Gasteiger partial charge in [-0.25, -0.2) is 0 Å². The van der Waals surface area contributed by atoms with Gasteiger partial charge in [0.2, 0.25) is 5.91 Å². The SMILES string of the molecule is COc1ccccc1C(C)(C)NC(=O)CCCOCc1ccccc1. The molecule has 0 aliphatic heterocycles. The molecule has 0 radical (unpaired) electrons. The number of benzene rings is 2. The van der Waals surface area contributed by atoms with Crippen LogP contribution in [-0.2, 0) is 21.7 Å². The molecule has 0 aliphatic rings. The lowest BCUT2D eigenvalue weighted by Crippen LogP contribution is -2.41. The quantitative estimate of drug-likeness (QED) is 0.700. The molecule has 0 heterocycles. The first-order chi connectivity index (χ1) is 12.0. The second-order valence-corrected chi connectivity index (χ2v) is 6.52. The fourth-order valence-electron chi connectivity index (χ4n) is 2.74. The van der Waals surface area contributed by atoms with Crippen molar-refractivity contribution in [2.75, 3.05) is 13.7 Å². The number of carbonyl (C=O) groups excluding carboxylic acids is 1. The molecule has 0 saturated heterocycles. The van der Waals surface area contributed by atoms with Crippen molar-refractivity contribution in [3.63, 3.8) is 0 Å². The lowest BCUT2D eigenvalue weighted by molar-refractivity contribution is -0.123. The number of para-hydroxylation sites is 1. The van der Waals surface area contributed by atoms with Gasteiger partial charge in [-0.15, -0.1) is 0 Å². The Morgan fingerprint density at radius 3 is 2.44 bits per heavy atom. The number of ether oxygens (including phenoxy) is 2. The Kier molecular flexibility index (Phi) is 7.02. The summed E-state index contributed by atoms with van der Waals surface area (Å²) in [5.41, 5.74) is 1.62. The third-order valence-corrected chi connectivity index (χ3v) is 4.04. The van der Waals surface area contributed by atoms with E-state index in [1.807, 2.05) is 68.4 Å². The molecule has 25 heavy (non-hydrogen) atoms.